The molecular weight excluding hydrogens is 289 g/mol. The largest absolute Gasteiger partial charge is 0.380 e. The average Bonchev–Trinajstić information content (AvgIpc) is 2.85. The highest BCUT2D eigenvalue weighted by atomic mass is 32.1. The molecule has 0 saturated heterocycles. The number of rotatable bonds is 6. The molecular formula is C16H20FNO2S. The van der Waals surface area contributed by atoms with Gasteiger partial charge in [0.25, 0.3) is 5.91 Å². The molecule has 3 nitrogen and oxygen atoms in total. The zero-order valence-corrected chi connectivity index (χ0v) is 13.3. The van der Waals surface area contributed by atoms with E-state index in [9.17, 15) is 9.18 Å². The van der Waals surface area contributed by atoms with Crippen LogP contribution in [0.3, 0.4) is 0 Å². The molecule has 1 heterocycles. The van der Waals surface area contributed by atoms with E-state index in [4.69, 9.17) is 4.74 Å². The molecule has 114 valence electrons. The van der Waals surface area contributed by atoms with Crippen molar-refractivity contribution in [3.63, 3.8) is 0 Å². The molecule has 1 N–H and O–H groups in total. The van der Waals surface area contributed by atoms with Crippen molar-refractivity contribution < 1.29 is 13.9 Å². The number of carbonyl (C=O) groups excluding carboxylic acids is 1. The van der Waals surface area contributed by atoms with Crippen LogP contribution < -0.4 is 5.32 Å². The third-order valence-corrected chi connectivity index (χ3v) is 4.78. The fraction of sp³-hybridized carbons (Fsp3) is 0.438. The maximum atomic E-state index is 14.1. The molecule has 0 atom stereocenters. The maximum absolute atomic E-state index is 14.1. The quantitative estimate of drug-likeness (QED) is 0.872. The fourth-order valence-electron chi connectivity index (χ4n) is 2.38. The maximum Gasteiger partial charge on any atom is 0.261 e. The highest BCUT2D eigenvalue weighted by Crippen LogP contribution is 2.33. The molecule has 0 aliphatic carbocycles. The topological polar surface area (TPSA) is 38.3 Å². The molecule has 1 aromatic carbocycles. The first kappa shape index (κ1) is 15.9. The van der Waals surface area contributed by atoms with Gasteiger partial charge in [0, 0.05) is 28.8 Å². The number of halogens is 1. The minimum absolute atomic E-state index is 0.142. The van der Waals surface area contributed by atoms with Crippen LogP contribution in [0.15, 0.2) is 18.2 Å². The molecule has 0 radical (unpaired) electrons. The Bertz CT molecular complexity index is 634. The van der Waals surface area contributed by atoms with Crippen LogP contribution in [0.1, 0.15) is 41.9 Å². The van der Waals surface area contributed by atoms with Crippen LogP contribution in [0.5, 0.6) is 0 Å². The Kier molecular flexibility index (Phi) is 5.31. The van der Waals surface area contributed by atoms with Crippen LogP contribution >= 0.6 is 11.3 Å². The summed E-state index contributed by atoms with van der Waals surface area (Å²) >= 11 is 1.32. The number of methoxy groups -OCH3 is 1. The van der Waals surface area contributed by atoms with Crippen molar-refractivity contribution in [2.24, 2.45) is 0 Å². The first-order valence-corrected chi connectivity index (χ1v) is 7.93. The van der Waals surface area contributed by atoms with Crippen molar-refractivity contribution in [2.45, 2.75) is 39.3 Å². The van der Waals surface area contributed by atoms with Gasteiger partial charge in [0.1, 0.15) is 5.82 Å². The van der Waals surface area contributed by atoms with Crippen molar-refractivity contribution in [2.75, 3.05) is 7.11 Å². The second-order valence-electron chi connectivity index (χ2n) is 4.94. The third-order valence-electron chi connectivity index (χ3n) is 3.58. The van der Waals surface area contributed by atoms with Gasteiger partial charge >= 0.3 is 0 Å². The Labute approximate surface area is 128 Å². The molecule has 0 fully saturated rings. The summed E-state index contributed by atoms with van der Waals surface area (Å²) < 4.78 is 20.0. The van der Waals surface area contributed by atoms with Gasteiger partial charge in [0.05, 0.1) is 11.5 Å². The lowest BCUT2D eigenvalue weighted by Crippen LogP contribution is -2.33. The van der Waals surface area contributed by atoms with Crippen molar-refractivity contribution >= 4 is 27.3 Å². The summed E-state index contributed by atoms with van der Waals surface area (Å²) in [5.74, 6) is -0.450. The Morgan fingerprint density at radius 1 is 1.38 bits per heavy atom. The van der Waals surface area contributed by atoms with Crippen LogP contribution in [0, 0.1) is 5.82 Å². The van der Waals surface area contributed by atoms with E-state index in [-0.39, 0.29) is 24.4 Å². The number of thiophene rings is 1. The molecule has 21 heavy (non-hydrogen) atoms. The van der Waals surface area contributed by atoms with Crippen LogP contribution in [-0.4, -0.2) is 19.1 Å². The van der Waals surface area contributed by atoms with E-state index in [1.807, 2.05) is 19.9 Å². The number of fused-ring (bicyclic) bond motifs is 1. The van der Waals surface area contributed by atoms with E-state index in [0.29, 0.717) is 15.8 Å². The molecule has 0 unspecified atom stereocenters. The van der Waals surface area contributed by atoms with Gasteiger partial charge in [0.15, 0.2) is 0 Å². The summed E-state index contributed by atoms with van der Waals surface area (Å²) in [7, 11) is 1.55. The van der Waals surface area contributed by atoms with Crippen LogP contribution in [-0.2, 0) is 11.3 Å². The van der Waals surface area contributed by atoms with E-state index in [1.165, 1.54) is 17.4 Å². The minimum Gasteiger partial charge on any atom is -0.380 e. The molecule has 0 saturated carbocycles. The number of ether oxygens (including phenoxy) is 1. The van der Waals surface area contributed by atoms with Gasteiger partial charge in [-0.05, 0) is 25.0 Å². The predicted molar refractivity (Wildman–Crippen MR) is 84.3 cm³/mol. The smallest absolute Gasteiger partial charge is 0.261 e. The van der Waals surface area contributed by atoms with Gasteiger partial charge in [-0.1, -0.05) is 19.9 Å². The summed E-state index contributed by atoms with van der Waals surface area (Å²) in [5, 5.41) is 3.50. The van der Waals surface area contributed by atoms with E-state index >= 15 is 0 Å². The average molecular weight is 309 g/mol. The molecule has 0 spiro atoms. The Morgan fingerprint density at radius 2 is 2.10 bits per heavy atom. The summed E-state index contributed by atoms with van der Waals surface area (Å²) in [6.45, 7) is 4.30. The van der Waals surface area contributed by atoms with Gasteiger partial charge in [-0.25, -0.2) is 4.39 Å². The molecule has 1 aromatic heterocycles. The first-order valence-electron chi connectivity index (χ1n) is 7.12. The number of hydrogen-bond donors (Lipinski definition) is 1. The molecule has 2 rings (SSSR count). The summed E-state index contributed by atoms with van der Waals surface area (Å²) in [6, 6.07) is 5.04. The van der Waals surface area contributed by atoms with Crippen molar-refractivity contribution in [3.05, 3.63) is 34.5 Å². The fourth-order valence-corrected chi connectivity index (χ4v) is 3.50. The van der Waals surface area contributed by atoms with E-state index in [2.05, 4.69) is 5.32 Å². The van der Waals surface area contributed by atoms with Gasteiger partial charge in [-0.15, -0.1) is 11.3 Å². The van der Waals surface area contributed by atoms with Crippen molar-refractivity contribution in [1.29, 1.82) is 0 Å². The number of hydrogen-bond acceptors (Lipinski definition) is 3. The molecule has 2 aromatic rings. The number of amides is 1. The summed E-state index contributed by atoms with van der Waals surface area (Å²) in [5.41, 5.74) is 0.638. The highest BCUT2D eigenvalue weighted by Gasteiger charge is 2.21. The van der Waals surface area contributed by atoms with E-state index in [1.54, 1.807) is 13.2 Å². The zero-order valence-electron chi connectivity index (χ0n) is 12.5. The second kappa shape index (κ2) is 7.00. The predicted octanol–water partition coefficient (Wildman–Crippen LogP) is 4.11. The van der Waals surface area contributed by atoms with E-state index < -0.39 is 0 Å². The lowest BCUT2D eigenvalue weighted by Gasteiger charge is -2.14. The minimum atomic E-state index is -0.308. The lowest BCUT2D eigenvalue weighted by atomic mass is 10.1. The number of carbonyl (C=O) groups is 1. The molecule has 0 aliphatic rings. The standard InChI is InChI=1S/C16H20FNO2S/c1-4-10(5-2)18-16(19)15-11(9-20-3)14-12(17)7-6-8-13(14)21-15/h6-8,10H,4-5,9H2,1-3H3,(H,18,19). The zero-order chi connectivity index (χ0) is 15.4. The molecule has 5 heteroatoms. The summed E-state index contributed by atoms with van der Waals surface area (Å²) in [6.07, 6.45) is 1.75. The Morgan fingerprint density at radius 3 is 2.71 bits per heavy atom. The van der Waals surface area contributed by atoms with Gasteiger partial charge in [-0.3, -0.25) is 4.79 Å². The number of nitrogens with one attached hydrogen (secondary N) is 1. The highest BCUT2D eigenvalue weighted by molar-refractivity contribution is 7.21. The Hall–Kier alpha value is -1.46. The normalized spacial score (nSPS) is 11.3. The van der Waals surface area contributed by atoms with E-state index in [0.717, 1.165) is 17.5 Å². The van der Waals surface area contributed by atoms with Crippen LogP contribution in [0.4, 0.5) is 4.39 Å². The van der Waals surface area contributed by atoms with Gasteiger partial charge < -0.3 is 10.1 Å². The van der Waals surface area contributed by atoms with Gasteiger partial charge in [-0.2, -0.15) is 0 Å². The SMILES string of the molecule is CCC(CC)NC(=O)c1sc2cccc(F)c2c1COC. The lowest BCUT2D eigenvalue weighted by molar-refractivity contribution is 0.0935. The van der Waals surface area contributed by atoms with Crippen molar-refractivity contribution in [3.8, 4) is 0 Å². The first-order chi connectivity index (χ1) is 10.1. The molecule has 0 bridgehead atoms. The summed E-state index contributed by atoms with van der Waals surface area (Å²) in [4.78, 5) is 13.0. The molecule has 1 amide bonds. The van der Waals surface area contributed by atoms with Gasteiger partial charge in [0.2, 0.25) is 0 Å². The second-order valence-corrected chi connectivity index (χ2v) is 5.99. The third kappa shape index (κ3) is 3.24. The number of benzene rings is 1. The van der Waals surface area contributed by atoms with Crippen LogP contribution in [0.2, 0.25) is 0 Å². The Balaban J connectivity index is 2.45. The monoisotopic (exact) mass is 309 g/mol. The molecule has 0 aliphatic heterocycles. The van der Waals surface area contributed by atoms with Crippen molar-refractivity contribution in [1.82, 2.24) is 5.32 Å². The van der Waals surface area contributed by atoms with Crippen LogP contribution in [0.25, 0.3) is 10.1 Å².